The fraction of sp³-hybridized carbons (Fsp3) is 0.667. The fourth-order valence-electron chi connectivity index (χ4n) is 2.66. The van der Waals surface area contributed by atoms with Crippen LogP contribution in [0.25, 0.3) is 0 Å². The SMILES string of the molecule is CC(C)(C)[C@H]1OCC[C@@H]1CNC(=O)NCc1ccoc1. The van der Waals surface area contributed by atoms with E-state index < -0.39 is 0 Å². The predicted octanol–water partition coefficient (Wildman–Crippen LogP) is 2.53. The van der Waals surface area contributed by atoms with Crippen molar-refractivity contribution >= 4 is 6.03 Å². The van der Waals surface area contributed by atoms with Crippen molar-refractivity contribution in [2.45, 2.75) is 39.8 Å². The summed E-state index contributed by atoms with van der Waals surface area (Å²) in [6.45, 7) is 8.44. The molecule has 5 nitrogen and oxygen atoms in total. The van der Waals surface area contributed by atoms with Gasteiger partial charge in [-0.15, -0.1) is 0 Å². The lowest BCUT2D eigenvalue weighted by Gasteiger charge is -2.31. The molecule has 2 rings (SSSR count). The number of hydrogen-bond donors (Lipinski definition) is 2. The van der Waals surface area contributed by atoms with Gasteiger partial charge >= 0.3 is 6.03 Å². The molecule has 1 fully saturated rings. The first-order chi connectivity index (χ1) is 9.47. The molecule has 0 unspecified atom stereocenters. The molecule has 5 heteroatoms. The molecule has 0 saturated carbocycles. The quantitative estimate of drug-likeness (QED) is 0.891. The van der Waals surface area contributed by atoms with E-state index in [1.807, 2.05) is 6.07 Å². The molecule has 1 aromatic heterocycles. The highest BCUT2D eigenvalue weighted by atomic mass is 16.5. The minimum absolute atomic E-state index is 0.107. The summed E-state index contributed by atoms with van der Waals surface area (Å²) in [5.74, 6) is 0.384. The van der Waals surface area contributed by atoms with Crippen LogP contribution in [0.1, 0.15) is 32.8 Å². The van der Waals surface area contributed by atoms with Crippen molar-refractivity contribution in [3.8, 4) is 0 Å². The molecular formula is C15H24N2O3. The Morgan fingerprint density at radius 1 is 1.40 bits per heavy atom. The van der Waals surface area contributed by atoms with Crippen molar-refractivity contribution in [1.29, 1.82) is 0 Å². The lowest BCUT2D eigenvalue weighted by atomic mass is 9.81. The van der Waals surface area contributed by atoms with E-state index in [1.54, 1.807) is 12.5 Å². The molecule has 2 amide bonds. The summed E-state index contributed by atoms with van der Waals surface area (Å²) in [6.07, 6.45) is 4.43. The van der Waals surface area contributed by atoms with Crippen molar-refractivity contribution < 1.29 is 13.9 Å². The smallest absolute Gasteiger partial charge is 0.315 e. The first-order valence-corrected chi connectivity index (χ1v) is 7.11. The molecule has 2 N–H and O–H groups in total. The average Bonchev–Trinajstić information content (AvgIpc) is 3.03. The molecule has 1 aliphatic heterocycles. The number of amides is 2. The summed E-state index contributed by atoms with van der Waals surface area (Å²) in [4.78, 5) is 11.8. The summed E-state index contributed by atoms with van der Waals surface area (Å²) < 4.78 is 10.7. The van der Waals surface area contributed by atoms with Crippen LogP contribution in [-0.2, 0) is 11.3 Å². The number of furan rings is 1. The van der Waals surface area contributed by atoms with Crippen LogP contribution in [0.2, 0.25) is 0 Å². The molecule has 1 saturated heterocycles. The van der Waals surface area contributed by atoms with E-state index in [0.29, 0.717) is 19.0 Å². The van der Waals surface area contributed by atoms with E-state index in [0.717, 1.165) is 18.6 Å². The number of hydrogen-bond acceptors (Lipinski definition) is 3. The van der Waals surface area contributed by atoms with Crippen molar-refractivity contribution in [1.82, 2.24) is 10.6 Å². The fourth-order valence-corrected chi connectivity index (χ4v) is 2.66. The normalized spacial score (nSPS) is 22.8. The van der Waals surface area contributed by atoms with Crippen molar-refractivity contribution in [2.75, 3.05) is 13.2 Å². The largest absolute Gasteiger partial charge is 0.472 e. The van der Waals surface area contributed by atoms with Gasteiger partial charge in [0.1, 0.15) is 0 Å². The number of urea groups is 1. The van der Waals surface area contributed by atoms with Crippen LogP contribution >= 0.6 is 0 Å². The Morgan fingerprint density at radius 2 is 2.20 bits per heavy atom. The van der Waals surface area contributed by atoms with Gasteiger partial charge in [0.15, 0.2) is 0 Å². The van der Waals surface area contributed by atoms with Gasteiger partial charge in [0.25, 0.3) is 0 Å². The number of carbonyl (C=O) groups excluding carboxylic acids is 1. The molecule has 20 heavy (non-hydrogen) atoms. The van der Waals surface area contributed by atoms with Gasteiger partial charge in [-0.3, -0.25) is 0 Å². The summed E-state index contributed by atoms with van der Waals surface area (Å²) in [5, 5.41) is 5.74. The Bertz CT molecular complexity index is 423. The third-order valence-electron chi connectivity index (χ3n) is 3.63. The van der Waals surface area contributed by atoms with Crippen LogP contribution in [-0.4, -0.2) is 25.3 Å². The summed E-state index contributed by atoms with van der Waals surface area (Å²) in [6, 6.07) is 1.69. The lowest BCUT2D eigenvalue weighted by molar-refractivity contribution is 0.00775. The van der Waals surface area contributed by atoms with Gasteiger partial charge in [-0.05, 0) is 17.9 Å². The van der Waals surface area contributed by atoms with Crippen molar-refractivity contribution in [3.63, 3.8) is 0 Å². The zero-order valence-corrected chi connectivity index (χ0v) is 12.4. The van der Waals surface area contributed by atoms with E-state index in [-0.39, 0.29) is 17.6 Å². The van der Waals surface area contributed by atoms with Gasteiger partial charge < -0.3 is 19.8 Å². The Balaban J connectivity index is 1.73. The molecule has 2 atom stereocenters. The summed E-state index contributed by atoms with van der Waals surface area (Å²) >= 11 is 0. The average molecular weight is 280 g/mol. The first kappa shape index (κ1) is 14.9. The standard InChI is InChI=1S/C15H24N2O3/c1-15(2,3)13-12(5-7-20-13)9-17-14(18)16-8-11-4-6-19-10-11/h4,6,10,12-13H,5,7-9H2,1-3H3,(H2,16,17,18)/t12-,13+/m1/s1. The third kappa shape index (κ3) is 4.00. The van der Waals surface area contributed by atoms with Crippen LogP contribution in [0.15, 0.2) is 23.0 Å². The van der Waals surface area contributed by atoms with E-state index in [4.69, 9.17) is 9.15 Å². The molecule has 0 aromatic carbocycles. The Kier molecular flexibility index (Phi) is 4.70. The molecule has 0 radical (unpaired) electrons. The van der Waals surface area contributed by atoms with Crippen LogP contribution in [0.4, 0.5) is 4.79 Å². The van der Waals surface area contributed by atoms with Crippen LogP contribution in [0.5, 0.6) is 0 Å². The zero-order valence-electron chi connectivity index (χ0n) is 12.4. The first-order valence-electron chi connectivity index (χ1n) is 7.11. The maximum Gasteiger partial charge on any atom is 0.315 e. The highest BCUT2D eigenvalue weighted by molar-refractivity contribution is 5.73. The number of ether oxygens (including phenoxy) is 1. The van der Waals surface area contributed by atoms with Gasteiger partial charge in [-0.2, -0.15) is 0 Å². The van der Waals surface area contributed by atoms with Crippen LogP contribution in [0, 0.1) is 11.3 Å². The summed E-state index contributed by atoms with van der Waals surface area (Å²) in [7, 11) is 0. The number of rotatable bonds is 4. The molecule has 1 aliphatic rings. The molecule has 0 bridgehead atoms. The second kappa shape index (κ2) is 6.31. The van der Waals surface area contributed by atoms with E-state index in [2.05, 4.69) is 31.4 Å². The maximum absolute atomic E-state index is 11.8. The summed E-state index contributed by atoms with van der Waals surface area (Å²) in [5.41, 5.74) is 1.06. The van der Waals surface area contributed by atoms with Crippen LogP contribution in [0.3, 0.4) is 0 Å². The van der Waals surface area contributed by atoms with E-state index >= 15 is 0 Å². The second-order valence-corrected chi connectivity index (χ2v) is 6.40. The van der Waals surface area contributed by atoms with E-state index in [9.17, 15) is 4.79 Å². The zero-order chi connectivity index (χ0) is 14.6. The second-order valence-electron chi connectivity index (χ2n) is 6.40. The molecule has 112 valence electrons. The minimum atomic E-state index is -0.147. The van der Waals surface area contributed by atoms with Crippen LogP contribution < -0.4 is 10.6 Å². The maximum atomic E-state index is 11.8. The lowest BCUT2D eigenvalue weighted by Crippen LogP contribution is -2.42. The molecule has 1 aromatic rings. The van der Waals surface area contributed by atoms with E-state index in [1.165, 1.54) is 0 Å². The molecule has 0 spiro atoms. The van der Waals surface area contributed by atoms with Gasteiger partial charge in [0, 0.05) is 31.2 Å². The highest BCUT2D eigenvalue weighted by Gasteiger charge is 2.37. The Hall–Kier alpha value is -1.49. The van der Waals surface area contributed by atoms with Crippen molar-refractivity contribution in [3.05, 3.63) is 24.2 Å². The highest BCUT2D eigenvalue weighted by Crippen LogP contribution is 2.34. The minimum Gasteiger partial charge on any atom is -0.472 e. The number of carbonyl (C=O) groups is 1. The van der Waals surface area contributed by atoms with Crippen molar-refractivity contribution in [2.24, 2.45) is 11.3 Å². The molecule has 0 aliphatic carbocycles. The number of nitrogens with one attached hydrogen (secondary N) is 2. The Morgan fingerprint density at radius 3 is 2.85 bits per heavy atom. The van der Waals surface area contributed by atoms with Gasteiger partial charge in [0.05, 0.1) is 18.6 Å². The third-order valence-corrected chi connectivity index (χ3v) is 3.63. The Labute approximate surface area is 120 Å². The molecule has 2 heterocycles. The predicted molar refractivity (Wildman–Crippen MR) is 76.2 cm³/mol. The monoisotopic (exact) mass is 280 g/mol. The topological polar surface area (TPSA) is 63.5 Å². The van der Waals surface area contributed by atoms with Gasteiger partial charge in [0.2, 0.25) is 0 Å². The molecular weight excluding hydrogens is 256 g/mol. The van der Waals surface area contributed by atoms with Gasteiger partial charge in [-0.25, -0.2) is 4.79 Å². The van der Waals surface area contributed by atoms with Gasteiger partial charge in [-0.1, -0.05) is 20.8 Å².